The van der Waals surface area contributed by atoms with Crippen LogP contribution >= 0.6 is 0 Å². The molecule has 4 rings (SSSR count). The Labute approximate surface area is 157 Å². The first-order valence-corrected chi connectivity index (χ1v) is 10.2. The fourth-order valence-electron chi connectivity index (χ4n) is 4.69. The summed E-state index contributed by atoms with van der Waals surface area (Å²) in [5, 5.41) is 7.18. The van der Waals surface area contributed by atoms with Gasteiger partial charge in [0.05, 0.1) is 18.2 Å². The average molecular weight is 357 g/mol. The van der Waals surface area contributed by atoms with Gasteiger partial charge in [0.2, 0.25) is 0 Å². The van der Waals surface area contributed by atoms with Crippen LogP contribution in [0.25, 0.3) is 0 Å². The molecular formula is C21H32N4O. The van der Waals surface area contributed by atoms with Gasteiger partial charge in [0, 0.05) is 26.2 Å². The molecule has 3 aliphatic rings. The zero-order valence-electron chi connectivity index (χ0n) is 15.9. The summed E-state index contributed by atoms with van der Waals surface area (Å²) in [5.41, 5.74) is 1.40. The summed E-state index contributed by atoms with van der Waals surface area (Å²) in [4.78, 5) is 7.07. The van der Waals surface area contributed by atoms with E-state index >= 15 is 0 Å². The summed E-state index contributed by atoms with van der Waals surface area (Å²) >= 11 is 0. The van der Waals surface area contributed by atoms with Gasteiger partial charge >= 0.3 is 0 Å². The molecule has 3 fully saturated rings. The highest BCUT2D eigenvalue weighted by Gasteiger charge is 2.41. The molecule has 4 atom stereocenters. The molecule has 1 aromatic carbocycles. The number of hydrogen-bond acceptors (Lipinski definition) is 3. The maximum absolute atomic E-state index is 5.95. The summed E-state index contributed by atoms with van der Waals surface area (Å²) in [5.74, 6) is 0.927. The van der Waals surface area contributed by atoms with Gasteiger partial charge in [0.15, 0.2) is 5.96 Å². The van der Waals surface area contributed by atoms with Crippen LogP contribution in [0.5, 0.6) is 0 Å². The van der Waals surface area contributed by atoms with Crippen molar-refractivity contribution in [2.45, 2.75) is 69.4 Å². The van der Waals surface area contributed by atoms with Gasteiger partial charge in [-0.1, -0.05) is 36.8 Å². The highest BCUT2D eigenvalue weighted by Crippen LogP contribution is 2.34. The van der Waals surface area contributed by atoms with Gasteiger partial charge in [-0.05, 0) is 44.2 Å². The number of likely N-dealkylation sites (tertiary alicyclic amines) is 1. The van der Waals surface area contributed by atoms with Crippen LogP contribution < -0.4 is 10.6 Å². The van der Waals surface area contributed by atoms with E-state index in [0.717, 1.165) is 25.5 Å². The fourth-order valence-corrected chi connectivity index (χ4v) is 4.69. The van der Waals surface area contributed by atoms with E-state index in [2.05, 4.69) is 50.9 Å². The van der Waals surface area contributed by atoms with E-state index in [1.54, 1.807) is 0 Å². The zero-order valence-corrected chi connectivity index (χ0v) is 15.9. The van der Waals surface area contributed by atoms with Crippen molar-refractivity contribution < 1.29 is 4.74 Å². The second-order valence-corrected chi connectivity index (χ2v) is 7.92. The van der Waals surface area contributed by atoms with Crippen LogP contribution in [0.3, 0.4) is 0 Å². The number of guanidine groups is 1. The Bertz CT molecular complexity index is 605. The maximum Gasteiger partial charge on any atom is 0.191 e. The van der Waals surface area contributed by atoms with E-state index < -0.39 is 0 Å². The second-order valence-electron chi connectivity index (χ2n) is 7.92. The molecule has 0 aromatic heterocycles. The number of ether oxygens (including phenoxy) is 1. The second kappa shape index (κ2) is 8.40. The van der Waals surface area contributed by atoms with E-state index in [1.807, 2.05) is 7.05 Å². The summed E-state index contributed by atoms with van der Waals surface area (Å²) in [6.07, 6.45) is 8.27. The summed E-state index contributed by atoms with van der Waals surface area (Å²) in [6, 6.07) is 11.8. The Morgan fingerprint density at radius 1 is 1.19 bits per heavy atom. The van der Waals surface area contributed by atoms with E-state index in [-0.39, 0.29) is 0 Å². The lowest BCUT2D eigenvalue weighted by atomic mass is 9.96. The van der Waals surface area contributed by atoms with Crippen molar-refractivity contribution in [1.82, 2.24) is 15.5 Å². The number of nitrogens with zero attached hydrogens (tertiary/aromatic N) is 2. The average Bonchev–Trinajstić information content (AvgIpc) is 3.30. The molecule has 3 heterocycles. The van der Waals surface area contributed by atoms with Gasteiger partial charge in [-0.15, -0.1) is 0 Å². The molecule has 3 saturated heterocycles. The van der Waals surface area contributed by atoms with Gasteiger partial charge in [-0.3, -0.25) is 9.89 Å². The van der Waals surface area contributed by atoms with E-state index in [1.165, 1.54) is 44.2 Å². The predicted molar refractivity (Wildman–Crippen MR) is 105 cm³/mol. The van der Waals surface area contributed by atoms with Crippen LogP contribution in [-0.4, -0.2) is 55.3 Å². The standard InChI is InChI=1S/C21H32N4O/c1-22-21(24-19-13-18-10-11-20(19)26-18)23-14-17-9-5-6-12-25(17)15-16-7-3-2-4-8-16/h2-4,7-8,17-20H,5-6,9-15H2,1H3,(H2,22,23,24). The quantitative estimate of drug-likeness (QED) is 0.629. The van der Waals surface area contributed by atoms with Crippen LogP contribution in [0.2, 0.25) is 0 Å². The van der Waals surface area contributed by atoms with Gasteiger partial charge < -0.3 is 15.4 Å². The highest BCUT2D eigenvalue weighted by molar-refractivity contribution is 5.80. The minimum Gasteiger partial charge on any atom is -0.373 e. The third kappa shape index (κ3) is 4.21. The lowest BCUT2D eigenvalue weighted by Gasteiger charge is -2.36. The van der Waals surface area contributed by atoms with Crippen molar-refractivity contribution >= 4 is 5.96 Å². The van der Waals surface area contributed by atoms with Crippen LogP contribution in [0.1, 0.15) is 44.1 Å². The van der Waals surface area contributed by atoms with Crippen molar-refractivity contribution in [3.63, 3.8) is 0 Å². The minimum absolute atomic E-state index is 0.378. The first kappa shape index (κ1) is 17.8. The zero-order chi connectivity index (χ0) is 17.8. The molecule has 3 aliphatic heterocycles. The van der Waals surface area contributed by atoms with Crippen LogP contribution in [0, 0.1) is 0 Å². The molecule has 0 spiro atoms. The number of aliphatic imine (C=N–C) groups is 1. The van der Waals surface area contributed by atoms with Crippen molar-refractivity contribution in [3.05, 3.63) is 35.9 Å². The fraction of sp³-hybridized carbons (Fsp3) is 0.667. The maximum atomic E-state index is 5.95. The molecule has 0 radical (unpaired) electrons. The summed E-state index contributed by atoms with van der Waals surface area (Å²) < 4.78 is 5.95. The predicted octanol–water partition coefficient (Wildman–Crippen LogP) is 2.53. The third-order valence-electron chi connectivity index (χ3n) is 6.13. The van der Waals surface area contributed by atoms with Crippen molar-refractivity contribution in [1.29, 1.82) is 0 Å². The van der Waals surface area contributed by atoms with Crippen LogP contribution in [0.15, 0.2) is 35.3 Å². The topological polar surface area (TPSA) is 48.9 Å². The Hall–Kier alpha value is -1.59. The lowest BCUT2D eigenvalue weighted by Crippen LogP contribution is -2.52. The molecule has 2 bridgehead atoms. The molecule has 0 amide bonds. The van der Waals surface area contributed by atoms with Crippen LogP contribution in [-0.2, 0) is 11.3 Å². The van der Waals surface area contributed by atoms with Gasteiger partial charge in [0.25, 0.3) is 0 Å². The van der Waals surface area contributed by atoms with E-state index in [0.29, 0.717) is 24.3 Å². The highest BCUT2D eigenvalue weighted by atomic mass is 16.5. The van der Waals surface area contributed by atoms with E-state index in [4.69, 9.17) is 4.74 Å². The number of piperidine rings is 1. The van der Waals surface area contributed by atoms with Gasteiger partial charge in [0.1, 0.15) is 0 Å². The third-order valence-corrected chi connectivity index (χ3v) is 6.13. The van der Waals surface area contributed by atoms with E-state index in [9.17, 15) is 0 Å². The SMILES string of the molecule is CN=C(NCC1CCCCN1Cc1ccccc1)NC1CC2CCC1O2. The lowest BCUT2D eigenvalue weighted by molar-refractivity contribution is 0.0991. The molecule has 26 heavy (non-hydrogen) atoms. The molecule has 4 unspecified atom stereocenters. The molecule has 5 nitrogen and oxygen atoms in total. The van der Waals surface area contributed by atoms with Gasteiger partial charge in [-0.2, -0.15) is 0 Å². The van der Waals surface area contributed by atoms with Crippen molar-refractivity contribution in [3.8, 4) is 0 Å². The monoisotopic (exact) mass is 356 g/mol. The largest absolute Gasteiger partial charge is 0.373 e. The Morgan fingerprint density at radius 3 is 2.81 bits per heavy atom. The Morgan fingerprint density at radius 2 is 2.08 bits per heavy atom. The first-order valence-electron chi connectivity index (χ1n) is 10.2. The summed E-state index contributed by atoms with van der Waals surface area (Å²) in [6.45, 7) is 3.18. The van der Waals surface area contributed by atoms with Crippen molar-refractivity contribution in [2.24, 2.45) is 4.99 Å². The molecule has 1 aromatic rings. The molecule has 5 heteroatoms. The molecule has 142 valence electrons. The number of benzene rings is 1. The van der Waals surface area contributed by atoms with Gasteiger partial charge in [-0.25, -0.2) is 0 Å². The molecular weight excluding hydrogens is 324 g/mol. The molecule has 0 aliphatic carbocycles. The van der Waals surface area contributed by atoms with Crippen LogP contribution in [0.4, 0.5) is 0 Å². The summed E-state index contributed by atoms with van der Waals surface area (Å²) in [7, 11) is 1.87. The molecule has 2 N–H and O–H groups in total. The normalized spacial score (nSPS) is 32.0. The number of hydrogen-bond donors (Lipinski definition) is 2. The number of rotatable bonds is 5. The minimum atomic E-state index is 0.378. The first-order chi connectivity index (χ1) is 12.8. The smallest absolute Gasteiger partial charge is 0.191 e. The van der Waals surface area contributed by atoms with Crippen molar-refractivity contribution in [2.75, 3.05) is 20.1 Å². The number of nitrogens with one attached hydrogen (secondary N) is 2. The molecule has 0 saturated carbocycles. The number of fused-ring (bicyclic) bond motifs is 2. The Balaban J connectivity index is 1.29. The Kier molecular flexibility index (Phi) is 5.75.